The van der Waals surface area contributed by atoms with Crippen molar-refractivity contribution in [3.05, 3.63) is 24.3 Å². The van der Waals surface area contributed by atoms with Gasteiger partial charge in [0.25, 0.3) is 0 Å². The SMILES string of the molecule is CCC(C)(C)Nc1ccccc1S(=O)(=O)NC1CC1. The van der Waals surface area contributed by atoms with E-state index in [0.29, 0.717) is 10.6 Å². The molecule has 0 amide bonds. The van der Waals surface area contributed by atoms with E-state index < -0.39 is 10.0 Å². The lowest BCUT2D eigenvalue weighted by Gasteiger charge is -2.27. The van der Waals surface area contributed by atoms with E-state index in [9.17, 15) is 8.42 Å². The fourth-order valence-electron chi connectivity index (χ4n) is 1.74. The molecule has 1 aromatic rings. The third-order valence-electron chi connectivity index (χ3n) is 3.43. The molecule has 0 unspecified atom stereocenters. The van der Waals surface area contributed by atoms with Crippen molar-refractivity contribution in [2.45, 2.75) is 56.5 Å². The van der Waals surface area contributed by atoms with E-state index in [0.717, 1.165) is 19.3 Å². The maximum atomic E-state index is 12.3. The minimum Gasteiger partial charge on any atom is -0.379 e. The molecule has 1 aliphatic carbocycles. The van der Waals surface area contributed by atoms with E-state index in [2.05, 4.69) is 30.8 Å². The molecule has 0 saturated heterocycles. The third-order valence-corrected chi connectivity index (χ3v) is 5.01. The Balaban J connectivity index is 2.30. The van der Waals surface area contributed by atoms with Gasteiger partial charge in [0.2, 0.25) is 10.0 Å². The zero-order valence-electron chi connectivity index (χ0n) is 11.7. The molecule has 0 radical (unpaired) electrons. The fourth-order valence-corrected chi connectivity index (χ4v) is 3.21. The van der Waals surface area contributed by atoms with Gasteiger partial charge in [0.1, 0.15) is 4.90 Å². The van der Waals surface area contributed by atoms with E-state index >= 15 is 0 Å². The van der Waals surface area contributed by atoms with Crippen molar-refractivity contribution in [3.8, 4) is 0 Å². The second-order valence-corrected chi connectivity index (χ2v) is 7.44. The highest BCUT2D eigenvalue weighted by molar-refractivity contribution is 7.89. The molecule has 0 aliphatic heterocycles. The van der Waals surface area contributed by atoms with Crippen LogP contribution in [0.25, 0.3) is 0 Å². The molecule has 1 aromatic carbocycles. The number of hydrogen-bond acceptors (Lipinski definition) is 3. The predicted octanol–water partition coefficient (Wildman–Crippen LogP) is 2.73. The second-order valence-electron chi connectivity index (χ2n) is 5.75. The number of sulfonamides is 1. The Morgan fingerprint density at radius 3 is 2.47 bits per heavy atom. The van der Waals surface area contributed by atoms with Crippen LogP contribution in [0.4, 0.5) is 5.69 Å². The van der Waals surface area contributed by atoms with E-state index in [4.69, 9.17) is 0 Å². The fraction of sp³-hybridized carbons (Fsp3) is 0.571. The highest BCUT2D eigenvalue weighted by Crippen LogP contribution is 2.28. The number of rotatable bonds is 6. The van der Waals surface area contributed by atoms with Crippen LogP contribution < -0.4 is 10.0 Å². The van der Waals surface area contributed by atoms with E-state index in [1.165, 1.54) is 0 Å². The molecule has 4 nitrogen and oxygen atoms in total. The van der Waals surface area contributed by atoms with Crippen LogP contribution in [-0.2, 0) is 10.0 Å². The average molecular weight is 282 g/mol. The van der Waals surface area contributed by atoms with E-state index in [1.54, 1.807) is 12.1 Å². The molecule has 19 heavy (non-hydrogen) atoms. The van der Waals surface area contributed by atoms with Gasteiger partial charge in [-0.3, -0.25) is 0 Å². The Morgan fingerprint density at radius 1 is 1.26 bits per heavy atom. The van der Waals surface area contributed by atoms with Gasteiger partial charge in [-0.05, 0) is 45.2 Å². The molecular weight excluding hydrogens is 260 g/mol. The summed E-state index contributed by atoms with van der Waals surface area (Å²) >= 11 is 0. The summed E-state index contributed by atoms with van der Waals surface area (Å²) in [6, 6.07) is 7.20. The molecule has 1 fully saturated rings. The van der Waals surface area contributed by atoms with Crippen molar-refractivity contribution >= 4 is 15.7 Å². The van der Waals surface area contributed by atoms with Gasteiger partial charge < -0.3 is 5.32 Å². The average Bonchev–Trinajstić information content (AvgIpc) is 3.12. The number of nitrogens with one attached hydrogen (secondary N) is 2. The van der Waals surface area contributed by atoms with Gasteiger partial charge in [-0.2, -0.15) is 0 Å². The lowest BCUT2D eigenvalue weighted by atomic mass is 10.0. The molecule has 0 atom stereocenters. The van der Waals surface area contributed by atoms with Gasteiger partial charge in [-0.1, -0.05) is 19.1 Å². The van der Waals surface area contributed by atoms with Crippen LogP contribution in [0.1, 0.15) is 40.0 Å². The first-order valence-corrected chi connectivity index (χ1v) is 8.22. The lowest BCUT2D eigenvalue weighted by Crippen LogP contribution is -2.32. The first-order chi connectivity index (χ1) is 8.84. The summed E-state index contributed by atoms with van der Waals surface area (Å²) < 4.78 is 27.4. The Morgan fingerprint density at radius 2 is 1.89 bits per heavy atom. The van der Waals surface area contributed by atoms with Gasteiger partial charge in [0.05, 0.1) is 5.69 Å². The molecule has 106 valence electrons. The molecule has 0 spiro atoms. The van der Waals surface area contributed by atoms with Gasteiger partial charge >= 0.3 is 0 Å². The molecule has 0 heterocycles. The maximum Gasteiger partial charge on any atom is 0.242 e. The zero-order valence-corrected chi connectivity index (χ0v) is 12.5. The Labute approximate surface area is 115 Å². The standard InChI is InChI=1S/C14H22N2O2S/c1-4-14(2,3)15-12-7-5-6-8-13(12)19(17,18)16-11-9-10-11/h5-8,11,15-16H,4,9-10H2,1-3H3. The summed E-state index contributed by atoms with van der Waals surface area (Å²) in [6.07, 6.45) is 2.79. The van der Waals surface area contributed by atoms with Crippen LogP contribution in [0, 0.1) is 0 Å². The molecule has 1 aliphatic rings. The minimum absolute atomic E-state index is 0.122. The summed E-state index contributed by atoms with van der Waals surface area (Å²) in [4.78, 5) is 0.337. The van der Waals surface area contributed by atoms with E-state index in [-0.39, 0.29) is 11.6 Å². The summed E-state index contributed by atoms with van der Waals surface area (Å²) in [5, 5.41) is 3.32. The van der Waals surface area contributed by atoms with Gasteiger partial charge in [-0.15, -0.1) is 0 Å². The van der Waals surface area contributed by atoms with Crippen LogP contribution in [0.5, 0.6) is 0 Å². The molecule has 0 aromatic heterocycles. The summed E-state index contributed by atoms with van der Waals surface area (Å²) in [5.74, 6) is 0. The number of anilines is 1. The normalized spacial score (nSPS) is 16.4. The van der Waals surface area contributed by atoms with Gasteiger partial charge in [0, 0.05) is 11.6 Å². The highest BCUT2D eigenvalue weighted by Gasteiger charge is 2.30. The van der Waals surface area contributed by atoms with Gasteiger partial charge in [-0.25, -0.2) is 13.1 Å². The first-order valence-electron chi connectivity index (χ1n) is 6.73. The highest BCUT2D eigenvalue weighted by atomic mass is 32.2. The summed E-state index contributed by atoms with van der Waals surface area (Å²) in [7, 11) is -3.42. The Hall–Kier alpha value is -1.07. The topological polar surface area (TPSA) is 58.2 Å². The van der Waals surface area contributed by atoms with Crippen molar-refractivity contribution < 1.29 is 8.42 Å². The molecule has 1 saturated carbocycles. The van der Waals surface area contributed by atoms with Crippen molar-refractivity contribution in [1.29, 1.82) is 0 Å². The minimum atomic E-state index is -3.42. The van der Waals surface area contributed by atoms with Crippen LogP contribution >= 0.6 is 0 Å². The van der Waals surface area contributed by atoms with Crippen LogP contribution in [-0.4, -0.2) is 20.0 Å². The Bertz CT molecular complexity index is 548. The van der Waals surface area contributed by atoms with Crippen LogP contribution in [0.2, 0.25) is 0 Å². The molecule has 5 heteroatoms. The van der Waals surface area contributed by atoms with Crippen molar-refractivity contribution in [1.82, 2.24) is 4.72 Å². The third kappa shape index (κ3) is 3.70. The van der Waals surface area contributed by atoms with Crippen molar-refractivity contribution in [2.75, 3.05) is 5.32 Å². The molecule has 0 bridgehead atoms. The van der Waals surface area contributed by atoms with Crippen molar-refractivity contribution in [3.63, 3.8) is 0 Å². The monoisotopic (exact) mass is 282 g/mol. The van der Waals surface area contributed by atoms with Crippen molar-refractivity contribution in [2.24, 2.45) is 0 Å². The zero-order chi connectivity index (χ0) is 14.1. The van der Waals surface area contributed by atoms with Crippen LogP contribution in [0.15, 0.2) is 29.2 Å². The summed E-state index contributed by atoms with van der Waals surface area (Å²) in [6.45, 7) is 6.20. The Kier molecular flexibility index (Phi) is 3.87. The quantitative estimate of drug-likeness (QED) is 0.843. The summed E-state index contributed by atoms with van der Waals surface area (Å²) in [5.41, 5.74) is 0.535. The largest absolute Gasteiger partial charge is 0.379 e. The lowest BCUT2D eigenvalue weighted by molar-refractivity contribution is 0.544. The maximum absolute atomic E-state index is 12.3. The van der Waals surface area contributed by atoms with Crippen LogP contribution in [0.3, 0.4) is 0 Å². The van der Waals surface area contributed by atoms with E-state index in [1.807, 2.05) is 12.1 Å². The number of para-hydroxylation sites is 1. The number of hydrogen-bond donors (Lipinski definition) is 2. The van der Waals surface area contributed by atoms with Gasteiger partial charge in [0.15, 0.2) is 0 Å². The second kappa shape index (κ2) is 5.13. The molecule has 2 rings (SSSR count). The smallest absolute Gasteiger partial charge is 0.242 e. The number of benzene rings is 1. The first kappa shape index (κ1) is 14.3. The molecular formula is C14H22N2O2S. The molecule has 2 N–H and O–H groups in total. The predicted molar refractivity (Wildman–Crippen MR) is 77.8 cm³/mol.